The van der Waals surface area contributed by atoms with Gasteiger partial charge in [-0.05, 0) is 33.6 Å². The molecule has 0 bridgehead atoms. The summed E-state index contributed by atoms with van der Waals surface area (Å²) in [5.74, 6) is 0.256. The molecular weight excluding hydrogens is 244 g/mol. The van der Waals surface area contributed by atoms with E-state index < -0.39 is 0 Å². The summed E-state index contributed by atoms with van der Waals surface area (Å²) in [5, 5.41) is 3.10. The zero-order valence-corrected chi connectivity index (χ0v) is 12.3. The van der Waals surface area contributed by atoms with Crippen LogP contribution in [0.5, 0.6) is 0 Å². The molecule has 0 saturated carbocycles. The molecule has 0 spiro atoms. The maximum atomic E-state index is 12.1. The third kappa shape index (κ3) is 5.57. The molecule has 0 aliphatic carbocycles. The summed E-state index contributed by atoms with van der Waals surface area (Å²) in [7, 11) is 3.90. The van der Waals surface area contributed by atoms with E-state index in [1.54, 1.807) is 11.8 Å². The first-order chi connectivity index (χ1) is 9.04. The summed E-state index contributed by atoms with van der Waals surface area (Å²) in [6.45, 7) is 6.55. The molecular formula is C13H26N4O2. The molecule has 0 unspecified atom stereocenters. The smallest absolute Gasteiger partial charge is 0.236 e. The van der Waals surface area contributed by atoms with Crippen LogP contribution in [0.2, 0.25) is 0 Å². The first-order valence-electron chi connectivity index (χ1n) is 6.91. The normalized spacial score (nSPS) is 16.0. The van der Waals surface area contributed by atoms with E-state index in [0.717, 1.165) is 19.5 Å². The van der Waals surface area contributed by atoms with E-state index in [1.807, 2.05) is 19.0 Å². The van der Waals surface area contributed by atoms with Crippen molar-refractivity contribution in [1.29, 1.82) is 0 Å². The van der Waals surface area contributed by atoms with Gasteiger partial charge in [0.1, 0.15) is 0 Å². The van der Waals surface area contributed by atoms with Crippen molar-refractivity contribution in [2.24, 2.45) is 0 Å². The fourth-order valence-electron chi connectivity index (χ4n) is 2.21. The van der Waals surface area contributed by atoms with E-state index >= 15 is 0 Å². The fraction of sp³-hybridized carbons (Fsp3) is 0.846. The molecule has 6 heteroatoms. The van der Waals surface area contributed by atoms with Crippen molar-refractivity contribution in [3.63, 3.8) is 0 Å². The maximum absolute atomic E-state index is 12.1. The number of hydrogen-bond donors (Lipinski definition) is 1. The summed E-state index contributed by atoms with van der Waals surface area (Å²) < 4.78 is 0. The summed E-state index contributed by atoms with van der Waals surface area (Å²) in [5.41, 5.74) is 0. The standard InChI is InChI=1S/C13H26N4O2/c1-12(18)16-7-9-17(10-8-16)13(19)11-15(3)6-4-5-14-2/h14H,4-11H2,1-3H3. The van der Waals surface area contributed by atoms with Crippen LogP contribution >= 0.6 is 0 Å². The molecule has 0 atom stereocenters. The van der Waals surface area contributed by atoms with Crippen molar-refractivity contribution in [3.05, 3.63) is 0 Å². The van der Waals surface area contributed by atoms with Crippen LogP contribution in [0.4, 0.5) is 0 Å². The van der Waals surface area contributed by atoms with E-state index in [1.165, 1.54) is 0 Å². The number of amides is 2. The van der Waals surface area contributed by atoms with Crippen molar-refractivity contribution >= 4 is 11.8 Å². The maximum Gasteiger partial charge on any atom is 0.236 e. The molecule has 1 fully saturated rings. The Morgan fingerprint density at radius 1 is 1.16 bits per heavy atom. The van der Waals surface area contributed by atoms with Gasteiger partial charge in [0.15, 0.2) is 0 Å². The lowest BCUT2D eigenvalue weighted by Crippen LogP contribution is -2.52. The zero-order chi connectivity index (χ0) is 14.3. The van der Waals surface area contributed by atoms with Crippen LogP contribution < -0.4 is 5.32 Å². The average Bonchev–Trinajstić information content (AvgIpc) is 2.39. The highest BCUT2D eigenvalue weighted by molar-refractivity contribution is 5.79. The predicted molar refractivity (Wildman–Crippen MR) is 74.9 cm³/mol. The monoisotopic (exact) mass is 270 g/mol. The molecule has 1 aliphatic heterocycles. The summed E-state index contributed by atoms with van der Waals surface area (Å²) in [6.07, 6.45) is 1.04. The summed E-state index contributed by atoms with van der Waals surface area (Å²) >= 11 is 0. The van der Waals surface area contributed by atoms with Crippen LogP contribution in [0.1, 0.15) is 13.3 Å². The van der Waals surface area contributed by atoms with Crippen molar-refractivity contribution in [3.8, 4) is 0 Å². The molecule has 1 rings (SSSR count). The van der Waals surface area contributed by atoms with E-state index in [9.17, 15) is 9.59 Å². The Morgan fingerprint density at radius 3 is 2.26 bits per heavy atom. The Morgan fingerprint density at radius 2 is 1.74 bits per heavy atom. The number of likely N-dealkylation sites (N-methyl/N-ethyl adjacent to an activating group) is 1. The molecule has 0 radical (unpaired) electrons. The zero-order valence-electron chi connectivity index (χ0n) is 12.3. The second kappa shape index (κ2) is 8.12. The lowest BCUT2D eigenvalue weighted by atomic mass is 10.3. The number of rotatable bonds is 6. The molecule has 6 nitrogen and oxygen atoms in total. The predicted octanol–water partition coefficient (Wildman–Crippen LogP) is -0.782. The number of carbonyl (C=O) groups excluding carboxylic acids is 2. The van der Waals surface area contributed by atoms with Gasteiger partial charge in [0, 0.05) is 33.1 Å². The molecule has 19 heavy (non-hydrogen) atoms. The van der Waals surface area contributed by atoms with Gasteiger partial charge >= 0.3 is 0 Å². The molecule has 1 heterocycles. The van der Waals surface area contributed by atoms with E-state index in [-0.39, 0.29) is 11.8 Å². The van der Waals surface area contributed by atoms with Crippen molar-refractivity contribution in [2.45, 2.75) is 13.3 Å². The van der Waals surface area contributed by atoms with E-state index in [2.05, 4.69) is 10.2 Å². The van der Waals surface area contributed by atoms with Gasteiger partial charge in [-0.3, -0.25) is 14.5 Å². The molecule has 1 aliphatic rings. The topological polar surface area (TPSA) is 55.9 Å². The first kappa shape index (κ1) is 15.9. The highest BCUT2D eigenvalue weighted by atomic mass is 16.2. The molecule has 0 aromatic heterocycles. The second-order valence-corrected chi connectivity index (χ2v) is 5.08. The van der Waals surface area contributed by atoms with Crippen molar-refractivity contribution < 1.29 is 9.59 Å². The number of carbonyl (C=O) groups is 2. The minimum atomic E-state index is 0.0938. The van der Waals surface area contributed by atoms with E-state index in [4.69, 9.17) is 0 Å². The van der Waals surface area contributed by atoms with Gasteiger partial charge in [-0.15, -0.1) is 0 Å². The Bertz CT molecular complexity index is 301. The molecule has 110 valence electrons. The highest BCUT2D eigenvalue weighted by Gasteiger charge is 2.22. The second-order valence-electron chi connectivity index (χ2n) is 5.08. The molecule has 0 aromatic rings. The number of nitrogens with one attached hydrogen (secondary N) is 1. The van der Waals surface area contributed by atoms with Crippen LogP contribution in [0.3, 0.4) is 0 Å². The van der Waals surface area contributed by atoms with Crippen molar-refractivity contribution in [2.75, 3.05) is 59.9 Å². The summed E-state index contributed by atoms with van der Waals surface area (Å²) in [6, 6.07) is 0. The average molecular weight is 270 g/mol. The van der Waals surface area contributed by atoms with Crippen molar-refractivity contribution in [1.82, 2.24) is 20.0 Å². The van der Waals surface area contributed by atoms with Gasteiger partial charge in [0.25, 0.3) is 0 Å². The summed E-state index contributed by atoms with van der Waals surface area (Å²) in [4.78, 5) is 29.0. The largest absolute Gasteiger partial charge is 0.339 e. The highest BCUT2D eigenvalue weighted by Crippen LogP contribution is 2.03. The lowest BCUT2D eigenvalue weighted by Gasteiger charge is -2.35. The Labute approximate surface area is 115 Å². The van der Waals surface area contributed by atoms with Gasteiger partial charge in [-0.1, -0.05) is 0 Å². The van der Waals surface area contributed by atoms with Crippen LogP contribution in [0, 0.1) is 0 Å². The van der Waals surface area contributed by atoms with Gasteiger partial charge < -0.3 is 15.1 Å². The molecule has 2 amide bonds. The number of hydrogen-bond acceptors (Lipinski definition) is 4. The number of nitrogens with zero attached hydrogens (tertiary/aromatic N) is 3. The Balaban J connectivity index is 2.25. The lowest BCUT2D eigenvalue weighted by molar-refractivity contribution is -0.139. The number of piperazine rings is 1. The van der Waals surface area contributed by atoms with Gasteiger partial charge in [-0.2, -0.15) is 0 Å². The first-order valence-corrected chi connectivity index (χ1v) is 6.91. The molecule has 0 aromatic carbocycles. The van der Waals surface area contributed by atoms with Gasteiger partial charge in [0.2, 0.25) is 11.8 Å². The molecule has 1 N–H and O–H groups in total. The quantitative estimate of drug-likeness (QED) is 0.643. The fourth-order valence-corrected chi connectivity index (χ4v) is 2.21. The van der Waals surface area contributed by atoms with Crippen LogP contribution in [-0.4, -0.2) is 86.4 Å². The Kier molecular flexibility index (Phi) is 6.80. The minimum Gasteiger partial charge on any atom is -0.339 e. The molecule has 1 saturated heterocycles. The third-order valence-electron chi connectivity index (χ3n) is 3.45. The Hall–Kier alpha value is -1.14. The van der Waals surface area contributed by atoms with Gasteiger partial charge in [0.05, 0.1) is 6.54 Å². The van der Waals surface area contributed by atoms with E-state index in [0.29, 0.717) is 32.7 Å². The minimum absolute atomic E-state index is 0.0938. The third-order valence-corrected chi connectivity index (χ3v) is 3.45. The van der Waals surface area contributed by atoms with Crippen LogP contribution in [0.25, 0.3) is 0 Å². The van der Waals surface area contributed by atoms with Crippen LogP contribution in [0.15, 0.2) is 0 Å². The van der Waals surface area contributed by atoms with Gasteiger partial charge in [-0.25, -0.2) is 0 Å². The van der Waals surface area contributed by atoms with Crippen LogP contribution in [-0.2, 0) is 9.59 Å². The SMILES string of the molecule is CNCCCN(C)CC(=O)N1CCN(C(C)=O)CC1.